The topological polar surface area (TPSA) is 32.3 Å². The Hall–Kier alpha value is -0.0800. The first-order valence-corrected chi connectivity index (χ1v) is 7.01. The fourth-order valence-electron chi connectivity index (χ4n) is 3.45. The fourth-order valence-corrected chi connectivity index (χ4v) is 3.45. The predicted octanol–water partition coefficient (Wildman–Crippen LogP) is 2.85. The monoisotopic (exact) mass is 225 g/mol. The summed E-state index contributed by atoms with van der Waals surface area (Å²) in [6.07, 6.45) is 9.82. The quantitative estimate of drug-likeness (QED) is 0.757. The van der Waals surface area contributed by atoms with E-state index in [4.69, 9.17) is 0 Å². The average molecular weight is 225 g/mol. The lowest BCUT2D eigenvalue weighted by Gasteiger charge is -2.39. The number of rotatable bonds is 2. The van der Waals surface area contributed by atoms with Gasteiger partial charge in [-0.05, 0) is 37.5 Å². The number of nitrogens with one attached hydrogen (secondary N) is 1. The van der Waals surface area contributed by atoms with E-state index in [1.54, 1.807) is 0 Å². The first kappa shape index (κ1) is 12.4. The van der Waals surface area contributed by atoms with Gasteiger partial charge in [0.05, 0.1) is 6.10 Å². The zero-order chi connectivity index (χ0) is 11.6. The molecule has 0 amide bonds. The third kappa shape index (κ3) is 3.21. The first-order chi connectivity index (χ1) is 7.57. The summed E-state index contributed by atoms with van der Waals surface area (Å²) in [5.41, 5.74) is 0.496. The largest absolute Gasteiger partial charge is 0.392 e. The van der Waals surface area contributed by atoms with Crippen molar-refractivity contribution in [2.24, 2.45) is 5.41 Å². The molecule has 16 heavy (non-hydrogen) atoms. The average Bonchev–Trinajstić information content (AvgIpc) is 2.20. The van der Waals surface area contributed by atoms with Gasteiger partial charge in [-0.2, -0.15) is 0 Å². The van der Waals surface area contributed by atoms with E-state index in [2.05, 4.69) is 19.2 Å². The maximum Gasteiger partial charge on any atom is 0.0693 e. The molecule has 0 saturated heterocycles. The Balaban J connectivity index is 1.84. The molecule has 3 atom stereocenters. The van der Waals surface area contributed by atoms with Crippen LogP contribution < -0.4 is 5.32 Å². The van der Waals surface area contributed by atoms with Gasteiger partial charge in [0, 0.05) is 12.1 Å². The van der Waals surface area contributed by atoms with Crippen molar-refractivity contribution in [1.29, 1.82) is 0 Å². The Morgan fingerprint density at radius 2 is 1.81 bits per heavy atom. The highest BCUT2D eigenvalue weighted by atomic mass is 16.3. The fraction of sp³-hybridized carbons (Fsp3) is 1.00. The highest BCUT2D eigenvalue weighted by Crippen LogP contribution is 2.35. The summed E-state index contributed by atoms with van der Waals surface area (Å²) in [7, 11) is 0. The van der Waals surface area contributed by atoms with Gasteiger partial charge >= 0.3 is 0 Å². The summed E-state index contributed by atoms with van der Waals surface area (Å²) in [6, 6.07) is 1.01. The molecule has 2 heteroatoms. The van der Waals surface area contributed by atoms with Crippen LogP contribution in [0.1, 0.15) is 65.2 Å². The lowest BCUT2D eigenvalue weighted by molar-refractivity contribution is 0.0734. The lowest BCUT2D eigenvalue weighted by atomic mass is 9.74. The molecule has 0 aliphatic heterocycles. The molecule has 2 nitrogen and oxygen atoms in total. The van der Waals surface area contributed by atoms with Crippen LogP contribution in [0.3, 0.4) is 0 Å². The van der Waals surface area contributed by atoms with Crippen molar-refractivity contribution in [3.8, 4) is 0 Å². The molecular weight excluding hydrogens is 198 g/mol. The van der Waals surface area contributed by atoms with Gasteiger partial charge < -0.3 is 10.4 Å². The molecule has 0 spiro atoms. The van der Waals surface area contributed by atoms with Crippen LogP contribution in [0.15, 0.2) is 0 Å². The van der Waals surface area contributed by atoms with Crippen molar-refractivity contribution in [3.63, 3.8) is 0 Å². The van der Waals surface area contributed by atoms with Crippen LogP contribution in [0.2, 0.25) is 0 Å². The van der Waals surface area contributed by atoms with E-state index >= 15 is 0 Å². The number of aliphatic hydroxyl groups is 1. The van der Waals surface area contributed by atoms with Gasteiger partial charge in [0.1, 0.15) is 0 Å². The molecular formula is C14H27NO. The second-order valence-corrected chi connectivity index (χ2v) is 6.58. The molecule has 0 aromatic carbocycles. The molecule has 2 rings (SSSR count). The first-order valence-electron chi connectivity index (χ1n) is 7.01. The second kappa shape index (κ2) is 5.05. The number of aliphatic hydroxyl groups excluding tert-OH is 1. The van der Waals surface area contributed by atoms with Crippen molar-refractivity contribution < 1.29 is 5.11 Å². The van der Waals surface area contributed by atoms with Crippen LogP contribution >= 0.6 is 0 Å². The highest BCUT2D eigenvalue weighted by Gasteiger charge is 2.31. The number of hydrogen-bond donors (Lipinski definition) is 2. The minimum atomic E-state index is -0.0983. The molecule has 94 valence electrons. The molecule has 0 aromatic heterocycles. The molecule has 0 radical (unpaired) electrons. The second-order valence-electron chi connectivity index (χ2n) is 6.58. The van der Waals surface area contributed by atoms with E-state index < -0.39 is 0 Å². The van der Waals surface area contributed by atoms with Crippen molar-refractivity contribution >= 4 is 0 Å². The molecule has 0 aromatic rings. The van der Waals surface area contributed by atoms with Gasteiger partial charge in [0.25, 0.3) is 0 Å². The van der Waals surface area contributed by atoms with Crippen molar-refractivity contribution in [1.82, 2.24) is 5.32 Å². The molecule has 2 aliphatic carbocycles. The Bertz CT molecular complexity index is 227. The Morgan fingerprint density at radius 1 is 1.06 bits per heavy atom. The molecule has 1 unspecified atom stereocenters. The Labute approximate surface area is 99.8 Å². The van der Waals surface area contributed by atoms with Crippen molar-refractivity contribution in [2.45, 2.75) is 83.4 Å². The summed E-state index contributed by atoms with van der Waals surface area (Å²) in [6.45, 7) is 4.75. The van der Waals surface area contributed by atoms with Gasteiger partial charge in [0.2, 0.25) is 0 Å². The summed E-state index contributed by atoms with van der Waals surface area (Å²) in [5.74, 6) is 0. The number of hydrogen-bond acceptors (Lipinski definition) is 2. The van der Waals surface area contributed by atoms with Crippen LogP contribution in [-0.4, -0.2) is 23.3 Å². The van der Waals surface area contributed by atoms with Gasteiger partial charge in [0.15, 0.2) is 0 Å². The van der Waals surface area contributed by atoms with Gasteiger partial charge in [-0.1, -0.05) is 33.1 Å². The van der Waals surface area contributed by atoms with Gasteiger partial charge in [-0.25, -0.2) is 0 Å². The van der Waals surface area contributed by atoms with Crippen LogP contribution in [-0.2, 0) is 0 Å². The third-order valence-corrected chi connectivity index (χ3v) is 4.38. The van der Waals surface area contributed by atoms with E-state index in [1.807, 2.05) is 0 Å². The Kier molecular flexibility index (Phi) is 3.91. The minimum absolute atomic E-state index is 0.0983. The van der Waals surface area contributed by atoms with E-state index in [1.165, 1.54) is 38.5 Å². The van der Waals surface area contributed by atoms with Gasteiger partial charge in [-0.3, -0.25) is 0 Å². The predicted molar refractivity (Wildman–Crippen MR) is 67.4 cm³/mol. The zero-order valence-electron chi connectivity index (χ0n) is 10.8. The summed E-state index contributed by atoms with van der Waals surface area (Å²) < 4.78 is 0. The SMILES string of the molecule is CC1(C)CCCC(N[C@@H]2CCCC[C@H]2O)C1. The van der Waals surface area contributed by atoms with Crippen LogP contribution in [0.25, 0.3) is 0 Å². The van der Waals surface area contributed by atoms with E-state index in [9.17, 15) is 5.11 Å². The van der Waals surface area contributed by atoms with Gasteiger partial charge in [-0.15, -0.1) is 0 Å². The van der Waals surface area contributed by atoms with E-state index in [0.717, 1.165) is 12.8 Å². The van der Waals surface area contributed by atoms with Crippen molar-refractivity contribution in [2.75, 3.05) is 0 Å². The molecule has 0 bridgehead atoms. The van der Waals surface area contributed by atoms with Crippen molar-refractivity contribution in [3.05, 3.63) is 0 Å². The standard InChI is InChI=1S/C14H27NO/c1-14(2)9-5-6-11(10-14)15-12-7-3-4-8-13(12)16/h11-13,15-16H,3-10H2,1-2H3/t11?,12-,13-/m1/s1. The normalized spacial score (nSPS) is 39.6. The molecule has 2 saturated carbocycles. The molecule has 0 heterocycles. The lowest BCUT2D eigenvalue weighted by Crippen LogP contribution is -2.49. The maximum atomic E-state index is 9.97. The van der Waals surface area contributed by atoms with Crippen LogP contribution in [0.4, 0.5) is 0 Å². The third-order valence-electron chi connectivity index (χ3n) is 4.38. The minimum Gasteiger partial charge on any atom is -0.392 e. The van der Waals surface area contributed by atoms with E-state index in [0.29, 0.717) is 17.5 Å². The zero-order valence-corrected chi connectivity index (χ0v) is 10.8. The Morgan fingerprint density at radius 3 is 2.50 bits per heavy atom. The molecule has 2 fully saturated rings. The summed E-state index contributed by atoms with van der Waals surface area (Å²) in [5, 5.41) is 13.7. The summed E-state index contributed by atoms with van der Waals surface area (Å²) >= 11 is 0. The smallest absolute Gasteiger partial charge is 0.0693 e. The maximum absolute atomic E-state index is 9.97. The van der Waals surface area contributed by atoms with Crippen LogP contribution in [0.5, 0.6) is 0 Å². The van der Waals surface area contributed by atoms with Crippen LogP contribution in [0, 0.1) is 5.41 Å². The molecule has 2 N–H and O–H groups in total. The summed E-state index contributed by atoms with van der Waals surface area (Å²) in [4.78, 5) is 0. The van der Waals surface area contributed by atoms with E-state index in [-0.39, 0.29) is 6.10 Å². The molecule has 2 aliphatic rings. The highest BCUT2D eigenvalue weighted by molar-refractivity contribution is 4.88.